The highest BCUT2D eigenvalue weighted by molar-refractivity contribution is 7.92. The fourth-order valence-corrected chi connectivity index (χ4v) is 2.92. The molecule has 0 aliphatic rings. The third kappa shape index (κ3) is 3.90. The van der Waals surface area contributed by atoms with Gasteiger partial charge in [0.15, 0.2) is 9.84 Å². The number of sulfonamides is 1. The highest BCUT2D eigenvalue weighted by Crippen LogP contribution is 2.18. The average Bonchev–Trinajstić information content (AvgIpc) is 2.24. The van der Waals surface area contributed by atoms with Crippen molar-refractivity contribution in [2.75, 3.05) is 18.5 Å². The van der Waals surface area contributed by atoms with Crippen molar-refractivity contribution in [1.29, 1.82) is 0 Å². The standard InChI is InChI=1S/C11H17FN2O4S2/c1-11(2,19(3,15)16)7-14-20(17,18)10-5-8(12)4-9(13)6-10/h4-6,14H,7,13H2,1-3H3. The molecular weight excluding hydrogens is 307 g/mol. The summed E-state index contributed by atoms with van der Waals surface area (Å²) in [6.45, 7) is 2.46. The van der Waals surface area contributed by atoms with Crippen LogP contribution >= 0.6 is 0 Å². The Morgan fingerprint density at radius 2 is 1.75 bits per heavy atom. The molecule has 0 radical (unpaired) electrons. The van der Waals surface area contributed by atoms with Gasteiger partial charge in [0.05, 0.1) is 9.64 Å². The minimum absolute atomic E-state index is 0.0345. The van der Waals surface area contributed by atoms with Crippen molar-refractivity contribution in [3.05, 3.63) is 24.0 Å². The van der Waals surface area contributed by atoms with E-state index in [1.165, 1.54) is 13.8 Å². The van der Waals surface area contributed by atoms with Crippen LogP contribution in [0.25, 0.3) is 0 Å². The molecular formula is C11H17FN2O4S2. The van der Waals surface area contributed by atoms with E-state index in [0.29, 0.717) is 0 Å². The van der Waals surface area contributed by atoms with Crippen molar-refractivity contribution in [3.63, 3.8) is 0 Å². The van der Waals surface area contributed by atoms with E-state index in [4.69, 9.17) is 5.73 Å². The summed E-state index contributed by atoms with van der Waals surface area (Å²) in [6.07, 6.45) is 1.02. The molecule has 0 aliphatic heterocycles. The van der Waals surface area contributed by atoms with Gasteiger partial charge in [0.2, 0.25) is 10.0 Å². The molecule has 0 unspecified atom stereocenters. The van der Waals surface area contributed by atoms with Crippen LogP contribution in [-0.4, -0.2) is 34.4 Å². The van der Waals surface area contributed by atoms with Crippen LogP contribution in [0.2, 0.25) is 0 Å². The summed E-state index contributed by atoms with van der Waals surface area (Å²) in [7, 11) is -7.48. The Bertz CT molecular complexity index is 692. The molecule has 9 heteroatoms. The Morgan fingerprint density at radius 3 is 2.20 bits per heavy atom. The maximum Gasteiger partial charge on any atom is 0.240 e. The second kappa shape index (κ2) is 5.30. The second-order valence-corrected chi connectivity index (χ2v) is 9.49. The van der Waals surface area contributed by atoms with Gasteiger partial charge in [-0.3, -0.25) is 0 Å². The maximum absolute atomic E-state index is 13.2. The van der Waals surface area contributed by atoms with E-state index in [-0.39, 0.29) is 17.1 Å². The van der Waals surface area contributed by atoms with E-state index >= 15 is 0 Å². The Kier molecular flexibility index (Phi) is 4.47. The Labute approximate surface area is 118 Å². The zero-order chi connectivity index (χ0) is 15.8. The lowest BCUT2D eigenvalue weighted by Crippen LogP contribution is -2.43. The van der Waals surface area contributed by atoms with Crippen molar-refractivity contribution >= 4 is 25.5 Å². The molecule has 1 rings (SSSR count). The molecule has 0 atom stereocenters. The second-order valence-electron chi connectivity index (χ2n) is 5.08. The SMILES string of the molecule is CC(C)(CNS(=O)(=O)c1cc(N)cc(F)c1)S(C)(=O)=O. The van der Waals surface area contributed by atoms with E-state index in [2.05, 4.69) is 4.72 Å². The summed E-state index contributed by atoms with van der Waals surface area (Å²) in [5, 5.41) is 0. The van der Waals surface area contributed by atoms with Gasteiger partial charge < -0.3 is 5.73 Å². The first-order valence-electron chi connectivity index (χ1n) is 5.60. The van der Waals surface area contributed by atoms with E-state index in [9.17, 15) is 21.2 Å². The summed E-state index contributed by atoms with van der Waals surface area (Å²) in [5.74, 6) is -0.784. The summed E-state index contributed by atoms with van der Waals surface area (Å²) >= 11 is 0. The zero-order valence-electron chi connectivity index (χ0n) is 11.3. The molecule has 114 valence electrons. The molecule has 0 saturated carbocycles. The number of nitrogen functional groups attached to an aromatic ring is 1. The van der Waals surface area contributed by atoms with Gasteiger partial charge >= 0.3 is 0 Å². The van der Waals surface area contributed by atoms with Crippen LogP contribution in [0.15, 0.2) is 23.1 Å². The van der Waals surface area contributed by atoms with Gasteiger partial charge in [-0.15, -0.1) is 0 Å². The van der Waals surface area contributed by atoms with Crippen LogP contribution < -0.4 is 10.5 Å². The summed E-state index contributed by atoms with van der Waals surface area (Å²) in [4.78, 5) is -0.348. The number of rotatable bonds is 5. The molecule has 6 nitrogen and oxygen atoms in total. The smallest absolute Gasteiger partial charge is 0.240 e. The van der Waals surface area contributed by atoms with Gasteiger partial charge in [0.1, 0.15) is 5.82 Å². The lowest BCUT2D eigenvalue weighted by atomic mass is 10.2. The first-order valence-corrected chi connectivity index (χ1v) is 8.98. The van der Waals surface area contributed by atoms with E-state index < -0.39 is 30.4 Å². The lowest BCUT2D eigenvalue weighted by Gasteiger charge is -2.22. The molecule has 0 amide bonds. The van der Waals surface area contributed by atoms with E-state index in [1.54, 1.807) is 0 Å². The van der Waals surface area contributed by atoms with Gasteiger partial charge in [-0.2, -0.15) is 0 Å². The normalized spacial score (nSPS) is 13.4. The first kappa shape index (κ1) is 16.9. The number of benzene rings is 1. The number of hydrogen-bond donors (Lipinski definition) is 2. The fraction of sp³-hybridized carbons (Fsp3) is 0.455. The zero-order valence-corrected chi connectivity index (χ0v) is 13.0. The van der Waals surface area contributed by atoms with Gasteiger partial charge in [-0.05, 0) is 32.0 Å². The van der Waals surface area contributed by atoms with Crippen molar-refractivity contribution in [3.8, 4) is 0 Å². The number of nitrogens with one attached hydrogen (secondary N) is 1. The molecule has 0 bridgehead atoms. The average molecular weight is 324 g/mol. The van der Waals surface area contributed by atoms with Crippen LogP contribution in [0.4, 0.5) is 10.1 Å². The quantitative estimate of drug-likeness (QED) is 0.768. The lowest BCUT2D eigenvalue weighted by molar-refractivity contribution is 0.536. The summed E-state index contributed by atoms with van der Waals surface area (Å²) in [6, 6.07) is 2.89. The maximum atomic E-state index is 13.2. The third-order valence-corrected chi connectivity index (χ3v) is 6.43. The Morgan fingerprint density at radius 1 is 1.20 bits per heavy atom. The predicted molar refractivity (Wildman–Crippen MR) is 74.9 cm³/mol. The van der Waals surface area contributed by atoms with Gasteiger partial charge in [-0.25, -0.2) is 25.9 Å². The van der Waals surface area contributed by atoms with Crippen LogP contribution in [0.3, 0.4) is 0 Å². The van der Waals surface area contributed by atoms with Crippen LogP contribution in [-0.2, 0) is 19.9 Å². The summed E-state index contributed by atoms with van der Waals surface area (Å²) < 4.78 is 61.0. The summed E-state index contributed by atoms with van der Waals surface area (Å²) in [5.41, 5.74) is 5.34. The topological polar surface area (TPSA) is 106 Å². The third-order valence-electron chi connectivity index (χ3n) is 2.90. The van der Waals surface area contributed by atoms with Crippen LogP contribution in [0.1, 0.15) is 13.8 Å². The molecule has 0 aliphatic carbocycles. The van der Waals surface area contributed by atoms with Crippen molar-refractivity contribution in [1.82, 2.24) is 4.72 Å². The predicted octanol–water partition coefficient (Wildman–Crippen LogP) is 0.509. The minimum atomic E-state index is -4.03. The van der Waals surface area contributed by atoms with E-state index in [1.807, 2.05) is 0 Å². The molecule has 0 aromatic heterocycles. The highest BCUT2D eigenvalue weighted by Gasteiger charge is 2.32. The number of hydrogen-bond acceptors (Lipinski definition) is 5. The number of sulfone groups is 1. The number of anilines is 1. The molecule has 0 spiro atoms. The fourth-order valence-electron chi connectivity index (χ4n) is 1.22. The van der Waals surface area contributed by atoms with Crippen molar-refractivity contribution in [2.45, 2.75) is 23.5 Å². The Balaban J connectivity index is 3.03. The molecule has 0 saturated heterocycles. The minimum Gasteiger partial charge on any atom is -0.399 e. The molecule has 20 heavy (non-hydrogen) atoms. The molecule has 1 aromatic rings. The van der Waals surface area contributed by atoms with Gasteiger partial charge in [0.25, 0.3) is 0 Å². The van der Waals surface area contributed by atoms with Gasteiger partial charge in [-0.1, -0.05) is 0 Å². The molecule has 0 fully saturated rings. The highest BCUT2D eigenvalue weighted by atomic mass is 32.2. The van der Waals surface area contributed by atoms with Crippen molar-refractivity contribution in [2.24, 2.45) is 0 Å². The van der Waals surface area contributed by atoms with Crippen LogP contribution in [0.5, 0.6) is 0 Å². The van der Waals surface area contributed by atoms with Crippen LogP contribution in [0, 0.1) is 5.82 Å². The Hall–Kier alpha value is -1.19. The molecule has 3 N–H and O–H groups in total. The molecule has 1 aromatic carbocycles. The largest absolute Gasteiger partial charge is 0.399 e. The van der Waals surface area contributed by atoms with E-state index in [0.717, 1.165) is 24.5 Å². The monoisotopic (exact) mass is 324 g/mol. The number of halogens is 1. The first-order chi connectivity index (χ1) is 8.85. The number of nitrogens with two attached hydrogens (primary N) is 1. The van der Waals surface area contributed by atoms with Gasteiger partial charge in [0, 0.05) is 18.5 Å². The van der Waals surface area contributed by atoms with Crippen molar-refractivity contribution < 1.29 is 21.2 Å². The molecule has 0 heterocycles.